The van der Waals surface area contributed by atoms with Crippen LogP contribution in [-0.4, -0.2) is 79.0 Å². The summed E-state index contributed by atoms with van der Waals surface area (Å²) in [4.78, 5) is 19.7. The van der Waals surface area contributed by atoms with E-state index in [9.17, 15) is 4.79 Å². The van der Waals surface area contributed by atoms with Crippen LogP contribution in [0.3, 0.4) is 0 Å². The van der Waals surface area contributed by atoms with Crippen molar-refractivity contribution < 1.29 is 4.79 Å². The molecule has 2 heterocycles. The van der Waals surface area contributed by atoms with Gasteiger partial charge in [0.2, 0.25) is 5.91 Å². The Balaban J connectivity index is 1.12. The average molecular weight is 419 g/mol. The minimum atomic E-state index is 0.170. The zero-order valence-electron chi connectivity index (χ0n) is 18.3. The Morgan fingerprint density at radius 2 is 1.55 bits per heavy atom. The lowest BCUT2D eigenvalue weighted by atomic mass is 10.2. The number of benzene rings is 2. The van der Waals surface area contributed by atoms with Crippen LogP contribution in [0.25, 0.3) is 6.08 Å². The zero-order valence-corrected chi connectivity index (χ0v) is 18.3. The number of hydrogen-bond acceptors (Lipinski definition) is 4. The molecule has 2 fully saturated rings. The fourth-order valence-electron chi connectivity index (χ4n) is 4.44. The van der Waals surface area contributed by atoms with E-state index in [4.69, 9.17) is 0 Å². The van der Waals surface area contributed by atoms with Crippen molar-refractivity contribution in [2.45, 2.75) is 19.0 Å². The molecule has 5 heteroatoms. The fraction of sp³-hybridized carbons (Fsp3) is 0.423. The number of amides is 1. The van der Waals surface area contributed by atoms with Crippen molar-refractivity contribution in [3.05, 3.63) is 77.9 Å². The predicted octanol–water partition coefficient (Wildman–Crippen LogP) is 2.71. The highest BCUT2D eigenvalue weighted by Gasteiger charge is 2.25. The molecule has 0 bridgehead atoms. The standard InChI is InChI=1S/C26H34N4O/c31-26(27-25-13-15-30(21-25)20-24-10-5-2-6-11-24)22-29-18-16-28(17-19-29)14-7-12-23-8-3-1-4-9-23/h1-12,25H,13-22H2,(H,27,31). The maximum absolute atomic E-state index is 12.5. The van der Waals surface area contributed by atoms with Crippen LogP contribution in [-0.2, 0) is 11.3 Å². The smallest absolute Gasteiger partial charge is 0.234 e. The minimum absolute atomic E-state index is 0.170. The number of nitrogens with one attached hydrogen (secondary N) is 1. The van der Waals surface area contributed by atoms with Crippen molar-refractivity contribution >= 4 is 12.0 Å². The van der Waals surface area contributed by atoms with Crippen LogP contribution in [0.1, 0.15) is 17.5 Å². The van der Waals surface area contributed by atoms with Crippen LogP contribution >= 0.6 is 0 Å². The lowest BCUT2D eigenvalue weighted by Gasteiger charge is -2.33. The van der Waals surface area contributed by atoms with Crippen molar-refractivity contribution in [1.29, 1.82) is 0 Å². The van der Waals surface area contributed by atoms with E-state index in [1.807, 2.05) is 6.07 Å². The van der Waals surface area contributed by atoms with Crippen LogP contribution < -0.4 is 5.32 Å². The van der Waals surface area contributed by atoms with Gasteiger partial charge >= 0.3 is 0 Å². The Morgan fingerprint density at radius 3 is 2.29 bits per heavy atom. The molecule has 0 spiro atoms. The summed E-state index contributed by atoms with van der Waals surface area (Å²) in [7, 11) is 0. The number of nitrogens with zero attached hydrogens (tertiary/aromatic N) is 3. The summed E-state index contributed by atoms with van der Waals surface area (Å²) in [5, 5.41) is 3.26. The SMILES string of the molecule is O=C(CN1CCN(CC=Cc2ccccc2)CC1)NC1CCN(Cc2ccccc2)C1. The van der Waals surface area contributed by atoms with Gasteiger partial charge in [0, 0.05) is 58.4 Å². The third-order valence-electron chi connectivity index (χ3n) is 6.19. The Hall–Kier alpha value is -2.47. The molecular formula is C26H34N4O. The molecule has 1 unspecified atom stereocenters. The highest BCUT2D eigenvalue weighted by Crippen LogP contribution is 2.13. The van der Waals surface area contributed by atoms with Gasteiger partial charge in [-0.3, -0.25) is 19.5 Å². The third kappa shape index (κ3) is 7.03. The molecule has 2 saturated heterocycles. The molecule has 1 N–H and O–H groups in total. The lowest BCUT2D eigenvalue weighted by Crippen LogP contribution is -2.50. The maximum atomic E-state index is 12.5. The molecule has 5 nitrogen and oxygen atoms in total. The van der Waals surface area contributed by atoms with Gasteiger partial charge in [0.05, 0.1) is 6.54 Å². The van der Waals surface area contributed by atoms with Gasteiger partial charge < -0.3 is 5.32 Å². The molecular weight excluding hydrogens is 384 g/mol. The van der Waals surface area contributed by atoms with Crippen molar-refractivity contribution in [2.24, 2.45) is 0 Å². The second-order valence-corrected chi connectivity index (χ2v) is 8.66. The summed E-state index contributed by atoms with van der Waals surface area (Å²) < 4.78 is 0. The second-order valence-electron chi connectivity index (χ2n) is 8.66. The van der Waals surface area contributed by atoms with Gasteiger partial charge in [0.1, 0.15) is 0 Å². The number of carbonyl (C=O) groups is 1. The summed E-state index contributed by atoms with van der Waals surface area (Å²) >= 11 is 0. The highest BCUT2D eigenvalue weighted by atomic mass is 16.2. The number of hydrogen-bond donors (Lipinski definition) is 1. The molecule has 1 amide bonds. The summed E-state index contributed by atoms with van der Waals surface area (Å²) in [5.74, 6) is 0.170. The van der Waals surface area contributed by atoms with Gasteiger partial charge in [0.25, 0.3) is 0 Å². The second kappa shape index (κ2) is 11.2. The van der Waals surface area contributed by atoms with E-state index in [1.54, 1.807) is 0 Å². The summed E-state index contributed by atoms with van der Waals surface area (Å²) in [6.07, 6.45) is 5.46. The molecule has 1 atom stereocenters. The molecule has 2 aliphatic rings. The molecule has 0 radical (unpaired) electrons. The lowest BCUT2D eigenvalue weighted by molar-refractivity contribution is -0.123. The molecule has 2 aliphatic heterocycles. The zero-order chi connectivity index (χ0) is 21.3. The molecule has 0 saturated carbocycles. The van der Waals surface area contributed by atoms with E-state index in [2.05, 4.69) is 86.8 Å². The quantitative estimate of drug-likeness (QED) is 0.716. The Labute approximate surface area is 186 Å². The molecule has 4 rings (SSSR count). The number of piperazine rings is 1. The summed E-state index contributed by atoms with van der Waals surface area (Å²) in [6.45, 7) is 8.39. The average Bonchev–Trinajstić information content (AvgIpc) is 3.23. The number of carbonyl (C=O) groups excluding carboxylic acids is 1. The van der Waals surface area contributed by atoms with Crippen molar-refractivity contribution in [3.8, 4) is 0 Å². The normalized spacial score (nSPS) is 21.0. The Kier molecular flexibility index (Phi) is 7.88. The molecule has 0 aliphatic carbocycles. The monoisotopic (exact) mass is 418 g/mol. The van der Waals surface area contributed by atoms with Crippen molar-refractivity contribution in [2.75, 3.05) is 52.4 Å². The Bertz CT molecular complexity index is 831. The van der Waals surface area contributed by atoms with E-state index < -0.39 is 0 Å². The first kappa shape index (κ1) is 21.8. The molecule has 0 aromatic heterocycles. The third-order valence-corrected chi connectivity index (χ3v) is 6.19. The van der Waals surface area contributed by atoms with Crippen molar-refractivity contribution in [3.63, 3.8) is 0 Å². The first-order chi connectivity index (χ1) is 15.2. The van der Waals surface area contributed by atoms with Gasteiger partial charge in [-0.2, -0.15) is 0 Å². The van der Waals surface area contributed by atoms with Crippen molar-refractivity contribution in [1.82, 2.24) is 20.0 Å². The Morgan fingerprint density at radius 1 is 0.871 bits per heavy atom. The van der Waals surface area contributed by atoms with E-state index in [-0.39, 0.29) is 11.9 Å². The number of likely N-dealkylation sites (tertiary alicyclic amines) is 1. The van der Waals surface area contributed by atoms with Crippen LogP contribution in [0.2, 0.25) is 0 Å². The van der Waals surface area contributed by atoms with Crippen LogP contribution in [0.5, 0.6) is 0 Å². The van der Waals surface area contributed by atoms with Gasteiger partial charge in [-0.15, -0.1) is 0 Å². The maximum Gasteiger partial charge on any atom is 0.234 e. The topological polar surface area (TPSA) is 38.8 Å². The van der Waals surface area contributed by atoms with Crippen LogP contribution in [0, 0.1) is 0 Å². The molecule has 2 aromatic rings. The molecule has 2 aromatic carbocycles. The van der Waals surface area contributed by atoms with Crippen LogP contribution in [0.4, 0.5) is 0 Å². The van der Waals surface area contributed by atoms with E-state index in [1.165, 1.54) is 11.1 Å². The summed E-state index contributed by atoms with van der Waals surface area (Å²) in [6, 6.07) is 21.3. The molecule has 31 heavy (non-hydrogen) atoms. The number of rotatable bonds is 8. The van der Waals surface area contributed by atoms with E-state index in [0.717, 1.165) is 58.8 Å². The van der Waals surface area contributed by atoms with Gasteiger partial charge in [-0.05, 0) is 17.5 Å². The predicted molar refractivity (Wildman–Crippen MR) is 127 cm³/mol. The highest BCUT2D eigenvalue weighted by molar-refractivity contribution is 5.78. The van der Waals surface area contributed by atoms with Gasteiger partial charge in [-0.25, -0.2) is 0 Å². The summed E-state index contributed by atoms with van der Waals surface area (Å²) in [5.41, 5.74) is 2.58. The minimum Gasteiger partial charge on any atom is -0.351 e. The largest absolute Gasteiger partial charge is 0.351 e. The first-order valence-electron chi connectivity index (χ1n) is 11.5. The first-order valence-corrected chi connectivity index (χ1v) is 11.5. The van der Waals surface area contributed by atoms with Gasteiger partial charge in [0.15, 0.2) is 0 Å². The van der Waals surface area contributed by atoms with E-state index in [0.29, 0.717) is 6.54 Å². The van der Waals surface area contributed by atoms with E-state index >= 15 is 0 Å². The van der Waals surface area contributed by atoms with Crippen LogP contribution in [0.15, 0.2) is 66.7 Å². The molecule has 164 valence electrons. The fourth-order valence-corrected chi connectivity index (χ4v) is 4.44. The van der Waals surface area contributed by atoms with Gasteiger partial charge in [-0.1, -0.05) is 72.8 Å².